The Hall–Kier alpha value is 0.497. The van der Waals surface area contributed by atoms with Crippen molar-refractivity contribution in [2.24, 2.45) is 0 Å². The molecule has 0 fully saturated rings. The summed E-state index contributed by atoms with van der Waals surface area (Å²) < 4.78 is 39.6. The summed E-state index contributed by atoms with van der Waals surface area (Å²) in [6, 6.07) is 0. The van der Waals surface area contributed by atoms with Gasteiger partial charge < -0.3 is 14.7 Å². The van der Waals surface area contributed by atoms with Crippen LogP contribution in [-0.4, -0.2) is 20.9 Å². The zero-order valence-electron chi connectivity index (χ0n) is 5.54. The van der Waals surface area contributed by atoms with Crippen LogP contribution in [0.5, 0.6) is 0 Å². The third kappa shape index (κ3) is 3060. The second-order valence-electron chi connectivity index (χ2n) is 1.13. The molecule has 0 aromatic carbocycles. The molecule has 0 bridgehead atoms. The van der Waals surface area contributed by atoms with E-state index in [2.05, 4.69) is 0 Å². The first-order chi connectivity index (χ1) is 4.00. The van der Waals surface area contributed by atoms with Gasteiger partial charge in [-0.25, -0.2) is 24.7 Å². The van der Waals surface area contributed by atoms with E-state index in [-0.39, 0.29) is 18.9 Å². The fraction of sp³-hybridized carbons (Fsp3) is 0.500. The van der Waals surface area contributed by atoms with Gasteiger partial charge >= 0.3 is 26.7 Å². The van der Waals surface area contributed by atoms with Gasteiger partial charge in [0.15, 0.2) is 0 Å². The van der Waals surface area contributed by atoms with Gasteiger partial charge in [0.25, 0.3) is 6.18 Å². The first kappa shape index (κ1) is 17.5. The van der Waals surface area contributed by atoms with Gasteiger partial charge in [0, 0.05) is 0 Å². The van der Waals surface area contributed by atoms with Crippen molar-refractivity contribution in [2.75, 3.05) is 0 Å². The SMILES string of the molecule is O=P(O)(O)O.[CH2-]C(F)(F)F.[Li+]. The van der Waals surface area contributed by atoms with Crippen LogP contribution in [0.15, 0.2) is 0 Å². The number of alkyl halides is 3. The monoisotopic (exact) mass is 188 g/mol. The first-order valence-corrected chi connectivity index (χ1v) is 3.27. The molecule has 0 spiro atoms. The molecular weight excluding hydrogens is 183 g/mol. The Balaban J connectivity index is -0.000000107. The van der Waals surface area contributed by atoms with Crippen LogP contribution < -0.4 is 18.9 Å². The van der Waals surface area contributed by atoms with Gasteiger partial charge in [0.05, 0.1) is 0 Å². The van der Waals surface area contributed by atoms with Gasteiger partial charge in [-0.3, -0.25) is 0 Å². The summed E-state index contributed by atoms with van der Waals surface area (Å²) in [5.41, 5.74) is 0. The van der Waals surface area contributed by atoms with Crippen LogP contribution in [0.1, 0.15) is 0 Å². The number of phosphoric acid groups is 1. The molecule has 0 unspecified atom stereocenters. The molecule has 0 aliphatic heterocycles. The molecule has 0 aromatic rings. The van der Waals surface area contributed by atoms with E-state index in [4.69, 9.17) is 19.2 Å². The van der Waals surface area contributed by atoms with Gasteiger partial charge in [-0.15, -0.1) is 0 Å². The van der Waals surface area contributed by atoms with Crippen molar-refractivity contribution in [1.82, 2.24) is 0 Å². The van der Waals surface area contributed by atoms with Gasteiger partial charge in [0.2, 0.25) is 0 Å². The average Bonchev–Trinajstić information content (AvgIpc) is 1.12. The Labute approximate surface area is 72.8 Å². The number of hydrogen-bond acceptors (Lipinski definition) is 1. The summed E-state index contributed by atoms with van der Waals surface area (Å²) in [6.45, 7) is 1.77. The van der Waals surface area contributed by atoms with E-state index in [1.807, 2.05) is 0 Å². The molecule has 0 saturated carbocycles. The van der Waals surface area contributed by atoms with Crippen molar-refractivity contribution < 1.29 is 51.3 Å². The van der Waals surface area contributed by atoms with E-state index in [0.717, 1.165) is 0 Å². The van der Waals surface area contributed by atoms with Gasteiger partial charge in [-0.05, 0) is 0 Å². The summed E-state index contributed by atoms with van der Waals surface area (Å²) in [5, 5.41) is 0. The maximum atomic E-state index is 10.2. The maximum absolute atomic E-state index is 10.2. The van der Waals surface area contributed by atoms with Crippen LogP contribution in [0.2, 0.25) is 0 Å². The second-order valence-corrected chi connectivity index (χ2v) is 2.16. The van der Waals surface area contributed by atoms with Crippen molar-refractivity contribution in [3.63, 3.8) is 0 Å². The Bertz CT molecular complexity index is 116. The Morgan fingerprint density at radius 2 is 1.18 bits per heavy atom. The van der Waals surface area contributed by atoms with Crippen molar-refractivity contribution in [1.29, 1.82) is 0 Å². The molecule has 0 atom stereocenters. The van der Waals surface area contributed by atoms with Crippen molar-refractivity contribution >= 4 is 7.82 Å². The van der Waals surface area contributed by atoms with Crippen LogP contribution >= 0.6 is 7.82 Å². The third-order valence-corrected chi connectivity index (χ3v) is 0. The average molecular weight is 188 g/mol. The predicted molar refractivity (Wildman–Crippen MR) is 25.7 cm³/mol. The molecule has 0 aromatic heterocycles. The molecule has 9 heteroatoms. The normalized spacial score (nSPS) is 10.8. The molecule has 0 amide bonds. The molecule has 0 saturated heterocycles. The Kier molecular flexibility index (Phi) is 9.67. The van der Waals surface area contributed by atoms with Crippen molar-refractivity contribution in [3.8, 4) is 0 Å². The van der Waals surface area contributed by atoms with Crippen molar-refractivity contribution in [2.45, 2.75) is 6.18 Å². The summed E-state index contributed by atoms with van der Waals surface area (Å²) in [7, 11) is -4.64. The third-order valence-electron chi connectivity index (χ3n) is 0. The molecule has 0 aliphatic carbocycles. The molecule has 64 valence electrons. The minimum Gasteiger partial charge on any atom is -0.303 e. The maximum Gasteiger partial charge on any atom is 1.00 e. The number of rotatable bonds is 0. The minimum atomic E-state index is -4.64. The topological polar surface area (TPSA) is 77.8 Å². The minimum absolute atomic E-state index is 0. The summed E-state index contributed by atoms with van der Waals surface area (Å²) in [5.74, 6) is 0. The quantitative estimate of drug-likeness (QED) is 0.222. The molecule has 0 radical (unpaired) electrons. The summed E-state index contributed by atoms with van der Waals surface area (Å²) >= 11 is 0. The molecule has 0 aliphatic rings. The molecule has 11 heavy (non-hydrogen) atoms. The van der Waals surface area contributed by atoms with Crippen LogP contribution in [0, 0.1) is 6.92 Å². The van der Waals surface area contributed by atoms with Gasteiger partial charge in [0.1, 0.15) is 0 Å². The van der Waals surface area contributed by atoms with Crippen molar-refractivity contribution in [3.05, 3.63) is 6.92 Å². The molecule has 0 rings (SSSR count). The number of hydrogen-bond donors (Lipinski definition) is 3. The largest absolute Gasteiger partial charge is 1.00 e. The summed E-state index contributed by atoms with van der Waals surface area (Å²) in [6.07, 6.45) is -4.25. The van der Waals surface area contributed by atoms with E-state index < -0.39 is 14.0 Å². The molecule has 3 N–H and O–H groups in total. The van der Waals surface area contributed by atoms with Crippen LogP contribution in [0.25, 0.3) is 0 Å². The van der Waals surface area contributed by atoms with Gasteiger partial charge in [-0.1, -0.05) is 0 Å². The molecular formula is C2H5F3LiO4P. The van der Waals surface area contributed by atoms with E-state index in [1.165, 1.54) is 0 Å². The number of halogens is 3. The molecule has 4 nitrogen and oxygen atoms in total. The summed E-state index contributed by atoms with van der Waals surface area (Å²) in [4.78, 5) is 21.6. The van der Waals surface area contributed by atoms with E-state index in [1.54, 1.807) is 6.92 Å². The van der Waals surface area contributed by atoms with Crippen LogP contribution in [0.3, 0.4) is 0 Å². The van der Waals surface area contributed by atoms with E-state index in [0.29, 0.717) is 0 Å². The van der Waals surface area contributed by atoms with Gasteiger partial charge in [-0.2, -0.15) is 0 Å². The Morgan fingerprint density at radius 3 is 1.18 bits per heavy atom. The second kappa shape index (κ2) is 6.06. The van der Waals surface area contributed by atoms with E-state index >= 15 is 0 Å². The predicted octanol–water partition coefficient (Wildman–Crippen LogP) is -2.54. The Morgan fingerprint density at radius 1 is 1.18 bits per heavy atom. The fourth-order valence-corrected chi connectivity index (χ4v) is 0. The first-order valence-electron chi connectivity index (χ1n) is 1.70. The molecule has 0 heterocycles. The standard InChI is InChI=1S/C2H2F3.Li.H3O4P/c1-2(3,4)5;;1-5(2,3)4/h1H2;;(H3,1,2,3,4)/q-1;+1;. The fourth-order valence-electron chi connectivity index (χ4n) is 0. The zero-order valence-corrected chi connectivity index (χ0v) is 6.43. The van der Waals surface area contributed by atoms with Crippen LogP contribution in [0.4, 0.5) is 13.2 Å². The van der Waals surface area contributed by atoms with E-state index in [9.17, 15) is 13.2 Å². The zero-order chi connectivity index (χ0) is 9.00. The smallest absolute Gasteiger partial charge is 0.303 e. The van der Waals surface area contributed by atoms with Crippen LogP contribution in [-0.2, 0) is 4.57 Å².